The molecule has 0 N–H and O–H groups in total. The lowest BCUT2D eigenvalue weighted by molar-refractivity contribution is -0.167. The van der Waals surface area contributed by atoms with Crippen molar-refractivity contribution in [3.8, 4) is 0 Å². The molecule has 0 amide bonds. The Hall–Kier alpha value is -2.63. The van der Waals surface area contributed by atoms with Gasteiger partial charge in [-0.1, -0.05) is 339 Å². The molecule has 0 saturated carbocycles. The monoisotopic (exact) mass is 1120 g/mol. The molecule has 6 heteroatoms. The van der Waals surface area contributed by atoms with Crippen LogP contribution in [-0.2, 0) is 28.6 Å². The highest BCUT2D eigenvalue weighted by Crippen LogP contribution is 2.19. The van der Waals surface area contributed by atoms with Crippen LogP contribution in [0.25, 0.3) is 0 Å². The summed E-state index contributed by atoms with van der Waals surface area (Å²) in [6.45, 7) is 6.62. The summed E-state index contributed by atoms with van der Waals surface area (Å²) in [6.07, 6.45) is 87.4. The summed E-state index contributed by atoms with van der Waals surface area (Å²) in [4.78, 5) is 38.3. The number of allylic oxidation sites excluding steroid dienone is 8. The molecule has 80 heavy (non-hydrogen) atoms. The van der Waals surface area contributed by atoms with Crippen LogP contribution in [0.4, 0.5) is 0 Å². The number of carbonyl (C=O) groups excluding carboxylic acids is 3. The standard InChI is InChI=1S/C74H136O6/c1-4-7-10-13-16-19-22-24-26-28-30-31-32-33-34-35-36-37-38-39-40-41-42-44-45-47-49-52-55-58-61-64-67-73(76)79-70-71(69-78-72(75)66-63-60-57-54-51-21-18-15-12-9-6-3)80-74(77)68-65-62-59-56-53-50-48-46-43-29-27-25-23-20-17-14-11-8-5-2/h15,17-18,20,25,27,43,46,71H,4-14,16,19,21-24,26,28-42,44-45,47-70H2,1-3H3/b18-15-,20-17-,27-25-,46-43-. The van der Waals surface area contributed by atoms with Crippen molar-refractivity contribution in [3.63, 3.8) is 0 Å². The third-order valence-corrected chi connectivity index (χ3v) is 16.1. The first kappa shape index (κ1) is 77.4. The molecule has 0 aromatic carbocycles. The summed E-state index contributed by atoms with van der Waals surface area (Å²) in [6, 6.07) is 0. The molecule has 0 aliphatic carbocycles. The first-order valence-corrected chi connectivity index (χ1v) is 35.6. The first-order valence-electron chi connectivity index (χ1n) is 35.6. The van der Waals surface area contributed by atoms with Gasteiger partial charge in [0.15, 0.2) is 6.10 Å². The molecule has 0 rings (SSSR count). The van der Waals surface area contributed by atoms with E-state index in [0.717, 1.165) is 89.9 Å². The molecule has 1 unspecified atom stereocenters. The van der Waals surface area contributed by atoms with Gasteiger partial charge in [-0.05, 0) is 77.0 Å². The number of hydrogen-bond acceptors (Lipinski definition) is 6. The molecule has 0 fully saturated rings. The van der Waals surface area contributed by atoms with Crippen molar-refractivity contribution in [3.05, 3.63) is 48.6 Å². The van der Waals surface area contributed by atoms with Crippen molar-refractivity contribution in [2.75, 3.05) is 13.2 Å². The molecular weight excluding hydrogens is 985 g/mol. The van der Waals surface area contributed by atoms with Gasteiger partial charge in [0.25, 0.3) is 0 Å². The number of unbranched alkanes of at least 4 members (excludes halogenated alkanes) is 47. The highest BCUT2D eigenvalue weighted by atomic mass is 16.6. The van der Waals surface area contributed by atoms with E-state index in [-0.39, 0.29) is 31.1 Å². The Morgan fingerprint density at radius 1 is 0.250 bits per heavy atom. The average molecular weight is 1120 g/mol. The van der Waals surface area contributed by atoms with E-state index >= 15 is 0 Å². The van der Waals surface area contributed by atoms with Crippen LogP contribution in [0.5, 0.6) is 0 Å². The zero-order valence-corrected chi connectivity index (χ0v) is 53.9. The van der Waals surface area contributed by atoms with Gasteiger partial charge in [0.1, 0.15) is 13.2 Å². The maximum absolute atomic E-state index is 12.9. The van der Waals surface area contributed by atoms with Crippen molar-refractivity contribution >= 4 is 17.9 Å². The number of ether oxygens (including phenoxy) is 3. The predicted octanol–water partition coefficient (Wildman–Crippen LogP) is 24.5. The van der Waals surface area contributed by atoms with E-state index in [1.54, 1.807) is 0 Å². The van der Waals surface area contributed by atoms with E-state index in [0.29, 0.717) is 19.3 Å². The summed E-state index contributed by atoms with van der Waals surface area (Å²) in [5, 5.41) is 0. The van der Waals surface area contributed by atoms with Crippen molar-refractivity contribution in [2.45, 2.75) is 393 Å². The van der Waals surface area contributed by atoms with Gasteiger partial charge in [-0.25, -0.2) is 0 Å². The SMILES string of the molecule is CCCC/C=C\CCCCCCCC(=O)OCC(COC(=O)CCCCCCCCCCCCCCCCCCCCCCCCCCCCCCCCCC)OC(=O)CCCCCCCC/C=C\C/C=C\C/C=C\CCCCC. The average Bonchev–Trinajstić information content (AvgIpc) is 3.46. The van der Waals surface area contributed by atoms with Gasteiger partial charge in [-0.3, -0.25) is 14.4 Å². The van der Waals surface area contributed by atoms with Gasteiger partial charge in [0, 0.05) is 19.3 Å². The Morgan fingerprint density at radius 3 is 0.775 bits per heavy atom. The minimum atomic E-state index is -0.783. The Balaban J connectivity index is 4.11. The molecule has 0 radical (unpaired) electrons. The van der Waals surface area contributed by atoms with E-state index in [2.05, 4.69) is 69.4 Å². The number of esters is 3. The zero-order chi connectivity index (χ0) is 57.8. The molecule has 0 spiro atoms. The van der Waals surface area contributed by atoms with Crippen molar-refractivity contribution < 1.29 is 28.6 Å². The molecule has 0 saturated heterocycles. The molecule has 0 aromatic rings. The zero-order valence-electron chi connectivity index (χ0n) is 53.9. The maximum Gasteiger partial charge on any atom is 0.306 e. The molecule has 468 valence electrons. The van der Waals surface area contributed by atoms with Crippen LogP contribution >= 0.6 is 0 Å². The van der Waals surface area contributed by atoms with Crippen molar-refractivity contribution in [1.82, 2.24) is 0 Å². The van der Waals surface area contributed by atoms with Crippen LogP contribution < -0.4 is 0 Å². The molecule has 0 aliphatic heterocycles. The molecule has 0 bridgehead atoms. The summed E-state index contributed by atoms with van der Waals surface area (Å²) >= 11 is 0. The second kappa shape index (κ2) is 68.9. The van der Waals surface area contributed by atoms with Crippen LogP contribution in [0.1, 0.15) is 387 Å². The molecular formula is C74H136O6. The second-order valence-electron chi connectivity index (χ2n) is 24.1. The van der Waals surface area contributed by atoms with E-state index in [1.807, 2.05) is 0 Å². The van der Waals surface area contributed by atoms with Gasteiger partial charge < -0.3 is 14.2 Å². The van der Waals surface area contributed by atoms with Crippen LogP contribution in [-0.4, -0.2) is 37.2 Å². The summed E-state index contributed by atoms with van der Waals surface area (Å²) in [5.74, 6) is -0.879. The summed E-state index contributed by atoms with van der Waals surface area (Å²) in [5.41, 5.74) is 0. The number of carbonyl (C=O) groups is 3. The van der Waals surface area contributed by atoms with E-state index in [9.17, 15) is 14.4 Å². The molecule has 0 aliphatic rings. The summed E-state index contributed by atoms with van der Waals surface area (Å²) in [7, 11) is 0. The van der Waals surface area contributed by atoms with Crippen LogP contribution in [0.15, 0.2) is 48.6 Å². The molecule has 6 nitrogen and oxygen atoms in total. The normalized spacial score (nSPS) is 12.3. The highest BCUT2D eigenvalue weighted by Gasteiger charge is 2.19. The fourth-order valence-corrected chi connectivity index (χ4v) is 10.7. The topological polar surface area (TPSA) is 78.9 Å². The maximum atomic E-state index is 12.9. The van der Waals surface area contributed by atoms with Crippen LogP contribution in [0, 0.1) is 0 Å². The summed E-state index contributed by atoms with van der Waals surface area (Å²) < 4.78 is 16.9. The van der Waals surface area contributed by atoms with Gasteiger partial charge >= 0.3 is 17.9 Å². The van der Waals surface area contributed by atoms with Gasteiger partial charge in [0.2, 0.25) is 0 Å². The van der Waals surface area contributed by atoms with Crippen molar-refractivity contribution in [2.24, 2.45) is 0 Å². The Kier molecular flexibility index (Phi) is 66.6. The van der Waals surface area contributed by atoms with E-state index < -0.39 is 6.10 Å². The molecule has 0 heterocycles. The largest absolute Gasteiger partial charge is 0.462 e. The van der Waals surface area contributed by atoms with E-state index in [1.165, 1.54) is 257 Å². The lowest BCUT2D eigenvalue weighted by Crippen LogP contribution is -2.30. The highest BCUT2D eigenvalue weighted by molar-refractivity contribution is 5.71. The Bertz CT molecular complexity index is 1380. The minimum Gasteiger partial charge on any atom is -0.462 e. The van der Waals surface area contributed by atoms with Crippen LogP contribution in [0.2, 0.25) is 0 Å². The smallest absolute Gasteiger partial charge is 0.306 e. The third-order valence-electron chi connectivity index (χ3n) is 16.1. The molecule has 0 aromatic heterocycles. The fourth-order valence-electron chi connectivity index (χ4n) is 10.7. The fraction of sp³-hybridized carbons (Fsp3) is 0.851. The Labute approximate surface area is 498 Å². The number of hydrogen-bond donors (Lipinski definition) is 0. The minimum absolute atomic E-state index is 0.0777. The van der Waals surface area contributed by atoms with Gasteiger partial charge in [0.05, 0.1) is 0 Å². The third kappa shape index (κ3) is 66.2. The van der Waals surface area contributed by atoms with Gasteiger partial charge in [-0.2, -0.15) is 0 Å². The predicted molar refractivity (Wildman–Crippen MR) is 349 cm³/mol. The van der Waals surface area contributed by atoms with Crippen LogP contribution in [0.3, 0.4) is 0 Å². The lowest BCUT2D eigenvalue weighted by atomic mass is 10.0. The van der Waals surface area contributed by atoms with E-state index in [4.69, 9.17) is 14.2 Å². The first-order chi connectivity index (χ1) is 39.5. The van der Waals surface area contributed by atoms with Crippen molar-refractivity contribution in [1.29, 1.82) is 0 Å². The Morgan fingerprint density at radius 2 is 0.463 bits per heavy atom. The molecule has 1 atom stereocenters. The second-order valence-corrected chi connectivity index (χ2v) is 24.1. The van der Waals surface area contributed by atoms with Gasteiger partial charge in [-0.15, -0.1) is 0 Å². The quantitative estimate of drug-likeness (QED) is 0.0261. The number of rotatable bonds is 66. The lowest BCUT2D eigenvalue weighted by Gasteiger charge is -2.18.